The predicted molar refractivity (Wildman–Crippen MR) is 74.8 cm³/mol. The van der Waals surface area contributed by atoms with E-state index in [0.717, 1.165) is 0 Å². The molecule has 1 aromatic carbocycles. The van der Waals surface area contributed by atoms with Crippen molar-refractivity contribution in [3.05, 3.63) is 29.3 Å². The zero-order valence-electron chi connectivity index (χ0n) is 9.45. The minimum atomic E-state index is -0.578. The summed E-state index contributed by atoms with van der Waals surface area (Å²) in [4.78, 5) is 11.2. The Morgan fingerprint density at radius 1 is 1.39 bits per heavy atom. The van der Waals surface area contributed by atoms with Crippen molar-refractivity contribution in [2.24, 2.45) is 0 Å². The summed E-state index contributed by atoms with van der Waals surface area (Å²) in [5, 5.41) is 3.05. The number of amides is 1. The molecule has 3 nitrogen and oxygen atoms in total. The highest BCUT2D eigenvalue weighted by Crippen LogP contribution is 2.14. The molecule has 0 saturated heterocycles. The number of rotatable bonds is 2. The standard InChI is InChI=1S/C11H9Cl2NO2.C2H2/c12-6-1-2-7-16-11(15)14-10-5-3-4-9(13)8-10;1-2/h3-5,8H,6-7H2,(H,14,15);1-2H. The molecule has 0 unspecified atom stereocenters. The molecule has 94 valence electrons. The lowest BCUT2D eigenvalue weighted by molar-refractivity contribution is 0.176. The second kappa shape index (κ2) is 10.4. The van der Waals surface area contributed by atoms with E-state index in [1.807, 2.05) is 0 Å². The Kier molecular flexibility index (Phi) is 9.31. The third kappa shape index (κ3) is 7.46. The van der Waals surface area contributed by atoms with Crippen molar-refractivity contribution in [1.29, 1.82) is 0 Å². The van der Waals surface area contributed by atoms with Gasteiger partial charge < -0.3 is 4.74 Å². The van der Waals surface area contributed by atoms with Crippen LogP contribution < -0.4 is 5.32 Å². The van der Waals surface area contributed by atoms with Crippen molar-refractivity contribution in [2.75, 3.05) is 17.8 Å². The van der Waals surface area contributed by atoms with E-state index < -0.39 is 6.09 Å². The Labute approximate surface area is 116 Å². The Morgan fingerprint density at radius 2 is 2.11 bits per heavy atom. The van der Waals surface area contributed by atoms with Crippen LogP contribution in [-0.2, 0) is 4.74 Å². The summed E-state index contributed by atoms with van der Waals surface area (Å²) in [6.07, 6.45) is 7.42. The second-order valence-electron chi connectivity index (χ2n) is 2.70. The number of halogens is 2. The Morgan fingerprint density at radius 3 is 2.72 bits per heavy atom. The number of alkyl halides is 1. The number of ether oxygens (including phenoxy) is 1. The average Bonchev–Trinajstić information content (AvgIpc) is 2.37. The molecule has 0 aliphatic carbocycles. The lowest BCUT2D eigenvalue weighted by Crippen LogP contribution is -2.13. The molecule has 0 aliphatic heterocycles. The van der Waals surface area contributed by atoms with E-state index in [-0.39, 0.29) is 12.5 Å². The molecule has 0 radical (unpaired) electrons. The van der Waals surface area contributed by atoms with Crippen LogP contribution in [0.3, 0.4) is 0 Å². The minimum absolute atomic E-state index is 0.0130. The molecule has 0 saturated carbocycles. The average molecular weight is 284 g/mol. The third-order valence-electron chi connectivity index (χ3n) is 1.54. The van der Waals surface area contributed by atoms with E-state index >= 15 is 0 Å². The van der Waals surface area contributed by atoms with Crippen molar-refractivity contribution < 1.29 is 9.53 Å². The van der Waals surface area contributed by atoms with Gasteiger partial charge in [-0.15, -0.1) is 24.4 Å². The van der Waals surface area contributed by atoms with E-state index in [9.17, 15) is 4.79 Å². The highest BCUT2D eigenvalue weighted by molar-refractivity contribution is 6.30. The van der Waals surface area contributed by atoms with Gasteiger partial charge in [-0.25, -0.2) is 4.79 Å². The van der Waals surface area contributed by atoms with Crippen LogP contribution in [0, 0.1) is 24.7 Å². The SMILES string of the molecule is C#C.O=C(Nc1cccc(Cl)c1)OCC#CCCl. The van der Waals surface area contributed by atoms with E-state index in [1.165, 1.54) is 0 Å². The van der Waals surface area contributed by atoms with Gasteiger partial charge in [-0.1, -0.05) is 29.5 Å². The smallest absolute Gasteiger partial charge is 0.412 e. The fourth-order valence-electron chi connectivity index (χ4n) is 0.920. The van der Waals surface area contributed by atoms with Gasteiger partial charge in [-0.05, 0) is 18.2 Å². The van der Waals surface area contributed by atoms with Crippen LogP contribution in [0.25, 0.3) is 0 Å². The Bertz CT molecular complexity index is 461. The first-order valence-electron chi connectivity index (χ1n) is 4.76. The van der Waals surface area contributed by atoms with Gasteiger partial charge in [0.1, 0.15) is 0 Å². The Hall–Kier alpha value is -1.81. The fourth-order valence-corrected chi connectivity index (χ4v) is 1.20. The molecule has 0 spiro atoms. The summed E-state index contributed by atoms with van der Waals surface area (Å²) in [6, 6.07) is 6.76. The van der Waals surface area contributed by atoms with Crippen LogP contribution in [0.2, 0.25) is 5.02 Å². The van der Waals surface area contributed by atoms with Gasteiger partial charge in [0.2, 0.25) is 0 Å². The molecule has 0 aromatic heterocycles. The molecule has 0 aliphatic rings. The zero-order valence-corrected chi connectivity index (χ0v) is 11.0. The van der Waals surface area contributed by atoms with Crippen molar-refractivity contribution in [3.8, 4) is 24.7 Å². The van der Waals surface area contributed by atoms with E-state index in [1.54, 1.807) is 24.3 Å². The zero-order chi connectivity index (χ0) is 13.8. The van der Waals surface area contributed by atoms with E-state index in [4.69, 9.17) is 27.9 Å². The number of hydrogen-bond acceptors (Lipinski definition) is 2. The molecular formula is C13H11Cl2NO2. The monoisotopic (exact) mass is 283 g/mol. The molecular weight excluding hydrogens is 273 g/mol. The van der Waals surface area contributed by atoms with Gasteiger partial charge in [0.25, 0.3) is 0 Å². The first kappa shape index (κ1) is 16.2. The summed E-state index contributed by atoms with van der Waals surface area (Å²) in [6.45, 7) is 0.0130. The van der Waals surface area contributed by atoms with Gasteiger partial charge in [0.05, 0.1) is 5.88 Å². The number of nitrogens with one attached hydrogen (secondary N) is 1. The van der Waals surface area contributed by atoms with Crippen LogP contribution in [0.5, 0.6) is 0 Å². The van der Waals surface area contributed by atoms with Crippen LogP contribution in [-0.4, -0.2) is 18.6 Å². The topological polar surface area (TPSA) is 38.3 Å². The lowest BCUT2D eigenvalue weighted by atomic mass is 10.3. The predicted octanol–water partition coefficient (Wildman–Crippen LogP) is 3.38. The van der Waals surface area contributed by atoms with Crippen LogP contribution in [0.4, 0.5) is 10.5 Å². The normalized spacial score (nSPS) is 8.00. The molecule has 1 N–H and O–H groups in total. The molecule has 0 bridgehead atoms. The maximum Gasteiger partial charge on any atom is 0.412 e. The van der Waals surface area contributed by atoms with E-state index in [2.05, 4.69) is 30.0 Å². The largest absolute Gasteiger partial charge is 0.436 e. The molecule has 1 rings (SSSR count). The first-order valence-corrected chi connectivity index (χ1v) is 5.68. The van der Waals surface area contributed by atoms with Crippen molar-refractivity contribution in [3.63, 3.8) is 0 Å². The Balaban J connectivity index is 0.00000137. The molecule has 18 heavy (non-hydrogen) atoms. The number of carbonyl (C=O) groups is 1. The molecule has 0 fully saturated rings. The molecule has 1 amide bonds. The number of carbonyl (C=O) groups excluding carboxylic acids is 1. The van der Waals surface area contributed by atoms with Gasteiger partial charge in [0, 0.05) is 10.7 Å². The maximum atomic E-state index is 11.2. The van der Waals surface area contributed by atoms with Gasteiger partial charge >= 0.3 is 6.09 Å². The van der Waals surface area contributed by atoms with Gasteiger partial charge in [-0.3, -0.25) is 5.32 Å². The second-order valence-corrected chi connectivity index (χ2v) is 3.40. The summed E-state index contributed by atoms with van der Waals surface area (Å²) < 4.78 is 4.76. The third-order valence-corrected chi connectivity index (χ3v) is 1.91. The van der Waals surface area contributed by atoms with Crippen molar-refractivity contribution in [2.45, 2.75) is 0 Å². The highest BCUT2D eigenvalue weighted by Gasteiger charge is 2.01. The number of hydrogen-bond donors (Lipinski definition) is 1. The summed E-state index contributed by atoms with van der Waals surface area (Å²) in [7, 11) is 0. The number of anilines is 1. The van der Waals surface area contributed by atoms with Gasteiger partial charge in [0.15, 0.2) is 6.61 Å². The van der Waals surface area contributed by atoms with Crippen molar-refractivity contribution in [1.82, 2.24) is 0 Å². The van der Waals surface area contributed by atoms with Crippen LogP contribution in [0.15, 0.2) is 24.3 Å². The maximum absolute atomic E-state index is 11.2. The molecule has 1 aromatic rings. The summed E-state index contributed by atoms with van der Waals surface area (Å²) in [5.74, 6) is 5.36. The van der Waals surface area contributed by atoms with Crippen molar-refractivity contribution >= 4 is 35.0 Å². The minimum Gasteiger partial charge on any atom is -0.436 e. The quantitative estimate of drug-likeness (QED) is 0.668. The molecule has 0 atom stereocenters. The summed E-state index contributed by atoms with van der Waals surface area (Å²) in [5.41, 5.74) is 0.572. The fraction of sp³-hybridized carbons (Fsp3) is 0.154. The lowest BCUT2D eigenvalue weighted by Gasteiger charge is -2.04. The van der Waals surface area contributed by atoms with Crippen LogP contribution in [0.1, 0.15) is 0 Å². The van der Waals surface area contributed by atoms with Gasteiger partial charge in [-0.2, -0.15) is 0 Å². The van der Waals surface area contributed by atoms with E-state index in [0.29, 0.717) is 10.7 Å². The molecule has 0 heterocycles. The molecule has 5 heteroatoms. The highest BCUT2D eigenvalue weighted by atomic mass is 35.5. The first-order chi connectivity index (χ1) is 8.72. The summed E-state index contributed by atoms with van der Waals surface area (Å²) >= 11 is 11.1. The van der Waals surface area contributed by atoms with Crippen LogP contribution >= 0.6 is 23.2 Å². The number of benzene rings is 1. The number of terminal acetylenes is 1.